The predicted octanol–water partition coefficient (Wildman–Crippen LogP) is 7.67. The summed E-state index contributed by atoms with van der Waals surface area (Å²) in [6, 6.07) is 23.3. The van der Waals surface area contributed by atoms with Crippen molar-refractivity contribution in [2.75, 3.05) is 0 Å². The highest BCUT2D eigenvalue weighted by Crippen LogP contribution is 2.72. The summed E-state index contributed by atoms with van der Waals surface area (Å²) in [6.45, 7) is 0. The molecule has 2 heteroatoms. The molecule has 2 aromatic carbocycles. The Balaban J connectivity index is 1.14. The van der Waals surface area contributed by atoms with Gasteiger partial charge in [0.05, 0.1) is 12.2 Å². The Morgan fingerprint density at radius 3 is 1.45 bits per heavy atom. The molecule has 16 atom stereocenters. The second kappa shape index (κ2) is 9.43. The minimum atomic E-state index is -0.468. The molecule has 7 aliphatic rings. The van der Waals surface area contributed by atoms with Gasteiger partial charge >= 0.3 is 0 Å². The van der Waals surface area contributed by atoms with Gasteiger partial charge < -0.3 is 10.2 Å². The van der Waals surface area contributed by atoms with E-state index < -0.39 is 12.2 Å². The first-order chi connectivity index (χ1) is 19.7. The molecule has 16 unspecified atom stereocenters. The van der Waals surface area contributed by atoms with Crippen molar-refractivity contribution in [3.8, 4) is 0 Å². The summed E-state index contributed by atoms with van der Waals surface area (Å²) in [6.07, 6.45) is 12.5. The fraction of sp³-hybridized carbons (Fsp3) is 0.684. The van der Waals surface area contributed by atoms with Gasteiger partial charge in [-0.15, -0.1) is 0 Å². The van der Waals surface area contributed by atoms with Crippen LogP contribution in [0.5, 0.6) is 0 Å². The number of hydrogen-bond acceptors (Lipinski definition) is 2. The maximum atomic E-state index is 11.3. The number of rotatable bonds is 2. The molecule has 212 valence electrons. The molecular formula is C38H48O2. The van der Waals surface area contributed by atoms with Crippen LogP contribution in [0.2, 0.25) is 0 Å². The van der Waals surface area contributed by atoms with Crippen molar-refractivity contribution >= 4 is 0 Å². The lowest BCUT2D eigenvalue weighted by atomic mass is 9.46. The average molecular weight is 537 g/mol. The fourth-order valence-electron chi connectivity index (χ4n) is 13.9. The Kier molecular flexibility index (Phi) is 5.87. The Bertz CT molecular complexity index is 1210. The van der Waals surface area contributed by atoms with E-state index in [9.17, 15) is 10.2 Å². The first-order valence-corrected chi connectivity index (χ1v) is 17.2. The average Bonchev–Trinajstić information content (AvgIpc) is 3.47. The van der Waals surface area contributed by atoms with Crippen LogP contribution < -0.4 is 0 Å². The highest BCUT2D eigenvalue weighted by Gasteiger charge is 2.67. The topological polar surface area (TPSA) is 40.5 Å². The minimum absolute atomic E-state index is 0.362. The summed E-state index contributed by atoms with van der Waals surface area (Å²) in [5.41, 5.74) is 3.23. The molecule has 7 aliphatic carbocycles. The van der Waals surface area contributed by atoms with Crippen LogP contribution in [0.3, 0.4) is 0 Å². The molecule has 40 heavy (non-hydrogen) atoms. The monoisotopic (exact) mass is 536 g/mol. The first kappa shape index (κ1) is 24.9. The molecule has 0 bridgehead atoms. The fourth-order valence-corrected chi connectivity index (χ4v) is 13.9. The summed E-state index contributed by atoms with van der Waals surface area (Å²) >= 11 is 0. The van der Waals surface area contributed by atoms with Gasteiger partial charge in [0.1, 0.15) is 0 Å². The predicted molar refractivity (Wildman–Crippen MR) is 158 cm³/mol. The van der Waals surface area contributed by atoms with Crippen LogP contribution in [0, 0.1) is 71.0 Å². The molecule has 0 amide bonds. The van der Waals surface area contributed by atoms with Crippen molar-refractivity contribution in [1.29, 1.82) is 0 Å². The molecule has 0 aliphatic heterocycles. The van der Waals surface area contributed by atoms with E-state index in [0.717, 1.165) is 65.6 Å². The molecule has 7 saturated carbocycles. The lowest BCUT2D eigenvalue weighted by molar-refractivity contribution is -0.107. The largest absolute Gasteiger partial charge is 0.390 e. The minimum Gasteiger partial charge on any atom is -0.390 e. The van der Waals surface area contributed by atoms with Crippen molar-refractivity contribution in [2.24, 2.45) is 71.0 Å². The third kappa shape index (κ3) is 3.42. The van der Waals surface area contributed by atoms with E-state index in [0.29, 0.717) is 23.7 Å². The summed E-state index contributed by atoms with van der Waals surface area (Å²) in [5, 5.41) is 22.4. The van der Waals surface area contributed by atoms with E-state index in [1.54, 1.807) is 11.1 Å². The van der Waals surface area contributed by atoms with E-state index >= 15 is 0 Å². The summed E-state index contributed by atoms with van der Waals surface area (Å²) in [7, 11) is 0. The van der Waals surface area contributed by atoms with Crippen LogP contribution in [-0.4, -0.2) is 22.4 Å². The van der Waals surface area contributed by atoms with Crippen LogP contribution in [0.25, 0.3) is 0 Å². The molecule has 2 N–H and O–H groups in total. The maximum absolute atomic E-state index is 11.3. The van der Waals surface area contributed by atoms with Gasteiger partial charge in [-0.1, -0.05) is 73.5 Å². The Labute approximate surface area is 241 Å². The summed E-state index contributed by atoms with van der Waals surface area (Å²) < 4.78 is 0. The van der Waals surface area contributed by atoms with Gasteiger partial charge in [-0.05, 0) is 145 Å². The zero-order valence-electron chi connectivity index (χ0n) is 24.0. The number of benzene rings is 2. The number of aliphatic hydroxyl groups is 2. The Morgan fingerprint density at radius 2 is 0.850 bits per heavy atom. The SMILES string of the molecule is OC1C(O)C2CC3C(CC4C5C3CCCC5C3C(c5ccccc5)CCC(c5ccccc5)C43)C3CCCC1C23. The first-order valence-electron chi connectivity index (χ1n) is 17.2. The molecule has 2 aromatic rings. The molecule has 0 spiro atoms. The van der Waals surface area contributed by atoms with Crippen molar-refractivity contribution in [1.82, 2.24) is 0 Å². The molecule has 0 aromatic heterocycles. The van der Waals surface area contributed by atoms with Gasteiger partial charge in [-0.3, -0.25) is 0 Å². The smallest absolute Gasteiger partial charge is 0.0833 e. The summed E-state index contributed by atoms with van der Waals surface area (Å²) in [5.74, 6) is 10.2. The molecule has 0 saturated heterocycles. The molecule has 2 nitrogen and oxygen atoms in total. The van der Waals surface area contributed by atoms with Gasteiger partial charge in [0.15, 0.2) is 0 Å². The lowest BCUT2D eigenvalue weighted by Crippen LogP contribution is -2.52. The van der Waals surface area contributed by atoms with E-state index in [4.69, 9.17) is 0 Å². The maximum Gasteiger partial charge on any atom is 0.0833 e. The van der Waals surface area contributed by atoms with Crippen LogP contribution in [0.4, 0.5) is 0 Å². The van der Waals surface area contributed by atoms with Crippen LogP contribution in [-0.2, 0) is 0 Å². The molecule has 0 heterocycles. The van der Waals surface area contributed by atoms with Crippen LogP contribution in [0.1, 0.15) is 87.2 Å². The quantitative estimate of drug-likeness (QED) is 0.413. The zero-order valence-corrected chi connectivity index (χ0v) is 24.0. The molecular weight excluding hydrogens is 488 g/mol. The van der Waals surface area contributed by atoms with Gasteiger partial charge in [-0.2, -0.15) is 0 Å². The third-order valence-electron chi connectivity index (χ3n) is 14.7. The Hall–Kier alpha value is -1.64. The van der Waals surface area contributed by atoms with E-state index in [1.165, 1.54) is 57.8 Å². The van der Waals surface area contributed by atoms with Crippen molar-refractivity contribution in [3.05, 3.63) is 71.8 Å². The van der Waals surface area contributed by atoms with Gasteiger partial charge in [-0.25, -0.2) is 0 Å². The molecule has 9 rings (SSSR count). The molecule has 7 fully saturated rings. The van der Waals surface area contributed by atoms with E-state index in [1.807, 2.05) is 0 Å². The Morgan fingerprint density at radius 1 is 0.400 bits per heavy atom. The van der Waals surface area contributed by atoms with Crippen molar-refractivity contribution in [2.45, 2.75) is 88.3 Å². The number of hydrogen-bond donors (Lipinski definition) is 2. The standard InChI is InChI=1S/C38H48O2/c39-37-28-16-8-14-26-29-19-31-33-25(30(29)20-32(34(26)28)38(37)40)13-7-15-27(33)35-23(21-9-3-1-4-10-21)17-18-24(36(31)35)22-11-5-2-6-12-22/h1-6,9-12,23-40H,7-8,13-20H2. The van der Waals surface area contributed by atoms with Gasteiger partial charge in [0.25, 0.3) is 0 Å². The van der Waals surface area contributed by atoms with Crippen LogP contribution in [0.15, 0.2) is 60.7 Å². The number of aliphatic hydroxyl groups excluding tert-OH is 2. The van der Waals surface area contributed by atoms with Crippen LogP contribution >= 0.6 is 0 Å². The van der Waals surface area contributed by atoms with Crippen molar-refractivity contribution < 1.29 is 10.2 Å². The third-order valence-corrected chi connectivity index (χ3v) is 14.7. The second-order valence-corrected chi connectivity index (χ2v) is 15.5. The lowest BCUT2D eigenvalue weighted by Gasteiger charge is -2.58. The van der Waals surface area contributed by atoms with Gasteiger partial charge in [0, 0.05) is 0 Å². The summed E-state index contributed by atoms with van der Waals surface area (Å²) in [4.78, 5) is 0. The zero-order chi connectivity index (χ0) is 26.5. The number of fused-ring (bicyclic) bond motifs is 6. The molecule has 0 radical (unpaired) electrons. The van der Waals surface area contributed by atoms with E-state index in [2.05, 4.69) is 60.7 Å². The van der Waals surface area contributed by atoms with Gasteiger partial charge in [0.2, 0.25) is 0 Å². The highest BCUT2D eigenvalue weighted by atomic mass is 16.3. The van der Waals surface area contributed by atoms with Crippen molar-refractivity contribution in [3.63, 3.8) is 0 Å². The normalized spacial score (nSPS) is 52.2. The van der Waals surface area contributed by atoms with E-state index in [-0.39, 0.29) is 0 Å². The second-order valence-electron chi connectivity index (χ2n) is 15.5. The highest BCUT2D eigenvalue weighted by molar-refractivity contribution is 5.30.